The Labute approximate surface area is 136 Å². The molecule has 0 aliphatic heterocycles. The van der Waals surface area contributed by atoms with E-state index >= 15 is 0 Å². The minimum Gasteiger partial charge on any atom is -0.494 e. The summed E-state index contributed by atoms with van der Waals surface area (Å²) in [6.07, 6.45) is 0. The Bertz CT molecular complexity index is 833. The highest BCUT2D eigenvalue weighted by Gasteiger charge is 2.11. The molecular formula is C16H15N3O3S. The van der Waals surface area contributed by atoms with Crippen molar-refractivity contribution in [2.24, 2.45) is 0 Å². The van der Waals surface area contributed by atoms with Gasteiger partial charge in [-0.15, -0.1) is 0 Å². The van der Waals surface area contributed by atoms with Gasteiger partial charge in [-0.3, -0.25) is 4.79 Å². The molecule has 118 valence electrons. The van der Waals surface area contributed by atoms with Gasteiger partial charge in [0.15, 0.2) is 11.7 Å². The average Bonchev–Trinajstić information content (AvgIpc) is 2.93. The summed E-state index contributed by atoms with van der Waals surface area (Å²) >= 11 is 1.34. The van der Waals surface area contributed by atoms with E-state index in [9.17, 15) is 4.79 Å². The van der Waals surface area contributed by atoms with Crippen LogP contribution in [0.4, 0.5) is 10.8 Å². The van der Waals surface area contributed by atoms with Gasteiger partial charge in [0.1, 0.15) is 17.0 Å². The number of carbonyl (C=O) groups excluding carboxylic acids is 1. The molecular weight excluding hydrogens is 314 g/mol. The summed E-state index contributed by atoms with van der Waals surface area (Å²) in [6, 6.07) is 12.7. The van der Waals surface area contributed by atoms with E-state index in [4.69, 9.17) is 15.2 Å². The maximum absolute atomic E-state index is 12.0. The van der Waals surface area contributed by atoms with Crippen LogP contribution in [0.1, 0.15) is 0 Å². The Morgan fingerprint density at radius 2 is 2.09 bits per heavy atom. The lowest BCUT2D eigenvalue weighted by molar-refractivity contribution is -0.118. The number of anilines is 2. The number of carbonyl (C=O) groups is 1. The topological polar surface area (TPSA) is 86.5 Å². The van der Waals surface area contributed by atoms with Gasteiger partial charge in [-0.2, -0.15) is 0 Å². The third-order valence-electron chi connectivity index (χ3n) is 3.09. The first-order valence-electron chi connectivity index (χ1n) is 6.87. The highest BCUT2D eigenvalue weighted by atomic mass is 32.1. The zero-order valence-electron chi connectivity index (χ0n) is 12.4. The van der Waals surface area contributed by atoms with Crippen LogP contribution in [0.3, 0.4) is 0 Å². The lowest BCUT2D eigenvalue weighted by Gasteiger charge is -2.09. The van der Waals surface area contributed by atoms with Crippen molar-refractivity contribution in [3.8, 4) is 11.5 Å². The van der Waals surface area contributed by atoms with Crippen molar-refractivity contribution in [3.63, 3.8) is 0 Å². The number of fused-ring (bicyclic) bond motifs is 1. The van der Waals surface area contributed by atoms with Gasteiger partial charge in [0, 0.05) is 11.8 Å². The van der Waals surface area contributed by atoms with Crippen LogP contribution in [0.15, 0.2) is 42.5 Å². The molecule has 1 heterocycles. The number of benzene rings is 2. The summed E-state index contributed by atoms with van der Waals surface area (Å²) in [7, 11) is 1.55. The predicted molar refractivity (Wildman–Crippen MR) is 91.2 cm³/mol. The van der Waals surface area contributed by atoms with Crippen LogP contribution < -0.4 is 20.5 Å². The second-order valence-corrected chi connectivity index (χ2v) is 5.79. The van der Waals surface area contributed by atoms with Crippen LogP contribution >= 0.6 is 11.3 Å². The van der Waals surface area contributed by atoms with Crippen molar-refractivity contribution in [2.75, 3.05) is 24.8 Å². The average molecular weight is 329 g/mol. The molecule has 0 fully saturated rings. The number of aromatic nitrogens is 1. The third kappa shape index (κ3) is 3.51. The van der Waals surface area contributed by atoms with Gasteiger partial charge in [-0.1, -0.05) is 29.5 Å². The molecule has 0 spiro atoms. The lowest BCUT2D eigenvalue weighted by atomic mass is 10.2. The number of nitrogen functional groups attached to an aromatic ring is 1. The molecule has 3 rings (SSSR count). The van der Waals surface area contributed by atoms with Crippen LogP contribution in [0.2, 0.25) is 0 Å². The second kappa shape index (κ2) is 6.53. The molecule has 0 saturated heterocycles. The number of rotatable bonds is 5. The zero-order chi connectivity index (χ0) is 16.2. The number of para-hydroxylation sites is 1. The van der Waals surface area contributed by atoms with E-state index in [0.29, 0.717) is 27.8 Å². The van der Waals surface area contributed by atoms with Gasteiger partial charge >= 0.3 is 0 Å². The molecule has 0 radical (unpaired) electrons. The number of thiazole rings is 1. The molecule has 1 amide bonds. The molecule has 3 aromatic rings. The molecule has 7 heteroatoms. The lowest BCUT2D eigenvalue weighted by Crippen LogP contribution is -2.20. The molecule has 0 aliphatic rings. The molecule has 0 unspecified atom stereocenters. The van der Waals surface area contributed by atoms with Crippen molar-refractivity contribution in [3.05, 3.63) is 42.5 Å². The Hall–Kier alpha value is -2.80. The van der Waals surface area contributed by atoms with Crippen molar-refractivity contribution in [1.82, 2.24) is 4.98 Å². The van der Waals surface area contributed by atoms with E-state index in [0.717, 1.165) is 4.70 Å². The minimum absolute atomic E-state index is 0.0742. The first-order valence-corrected chi connectivity index (χ1v) is 7.69. The summed E-state index contributed by atoms with van der Waals surface area (Å²) in [4.78, 5) is 16.2. The smallest absolute Gasteiger partial charge is 0.262 e. The molecule has 3 N–H and O–H groups in total. The van der Waals surface area contributed by atoms with E-state index in [-0.39, 0.29) is 12.5 Å². The van der Waals surface area contributed by atoms with Gasteiger partial charge in [0.2, 0.25) is 0 Å². The van der Waals surface area contributed by atoms with Crippen LogP contribution in [0.5, 0.6) is 11.5 Å². The molecule has 23 heavy (non-hydrogen) atoms. The number of hydrogen-bond acceptors (Lipinski definition) is 6. The minimum atomic E-state index is -0.257. The van der Waals surface area contributed by atoms with Crippen LogP contribution in [0, 0.1) is 0 Å². The fraction of sp³-hybridized carbons (Fsp3) is 0.125. The number of methoxy groups -OCH3 is 1. The number of ether oxygens (including phenoxy) is 2. The fourth-order valence-electron chi connectivity index (χ4n) is 2.11. The van der Waals surface area contributed by atoms with Gasteiger partial charge < -0.3 is 20.5 Å². The van der Waals surface area contributed by atoms with Crippen LogP contribution in [-0.4, -0.2) is 24.6 Å². The number of amides is 1. The second-order valence-electron chi connectivity index (χ2n) is 4.73. The highest BCUT2D eigenvalue weighted by Crippen LogP contribution is 2.34. The Kier molecular flexibility index (Phi) is 4.29. The van der Waals surface area contributed by atoms with E-state index in [2.05, 4.69) is 10.3 Å². The number of nitrogens with one attached hydrogen (secondary N) is 1. The third-order valence-corrected chi connectivity index (χ3v) is 3.92. The highest BCUT2D eigenvalue weighted by molar-refractivity contribution is 7.22. The monoisotopic (exact) mass is 329 g/mol. The number of nitrogens with two attached hydrogens (primary N) is 1. The Morgan fingerprint density at radius 1 is 1.30 bits per heavy atom. The first kappa shape index (κ1) is 15.1. The van der Waals surface area contributed by atoms with Crippen LogP contribution in [-0.2, 0) is 4.79 Å². The summed E-state index contributed by atoms with van der Waals surface area (Å²) < 4.78 is 11.6. The Morgan fingerprint density at radius 3 is 2.83 bits per heavy atom. The SMILES string of the molecule is COc1cc(NC(=O)COc2ccccc2)cc2sc(N)nc12. The summed E-state index contributed by atoms with van der Waals surface area (Å²) in [5, 5.41) is 3.24. The van der Waals surface area contributed by atoms with Gasteiger partial charge in [0.25, 0.3) is 5.91 Å². The number of hydrogen-bond donors (Lipinski definition) is 2. The van der Waals surface area contributed by atoms with E-state index in [1.54, 1.807) is 25.3 Å². The standard InChI is InChI=1S/C16H15N3O3S/c1-21-12-7-10(8-13-15(12)19-16(17)23-13)18-14(20)9-22-11-5-3-2-4-6-11/h2-8H,9H2,1H3,(H2,17,19)(H,18,20). The summed E-state index contributed by atoms with van der Waals surface area (Å²) in [6.45, 7) is -0.0742. The van der Waals surface area contributed by atoms with Gasteiger partial charge in [0.05, 0.1) is 11.8 Å². The predicted octanol–water partition coefficient (Wildman–Crippen LogP) is 2.90. The molecule has 0 aliphatic carbocycles. The maximum Gasteiger partial charge on any atom is 0.262 e. The Balaban J connectivity index is 1.72. The van der Waals surface area contributed by atoms with Crippen LogP contribution in [0.25, 0.3) is 10.2 Å². The van der Waals surface area contributed by atoms with E-state index in [1.807, 2.05) is 24.3 Å². The molecule has 6 nitrogen and oxygen atoms in total. The first-order chi connectivity index (χ1) is 11.2. The number of nitrogens with zero attached hydrogens (tertiary/aromatic N) is 1. The summed E-state index contributed by atoms with van der Waals surface area (Å²) in [5.74, 6) is 0.952. The van der Waals surface area contributed by atoms with Crippen molar-refractivity contribution in [2.45, 2.75) is 0 Å². The molecule has 2 aromatic carbocycles. The van der Waals surface area contributed by atoms with Gasteiger partial charge in [-0.25, -0.2) is 4.98 Å². The maximum atomic E-state index is 12.0. The van der Waals surface area contributed by atoms with Gasteiger partial charge in [-0.05, 0) is 18.2 Å². The normalized spacial score (nSPS) is 10.5. The molecule has 1 aromatic heterocycles. The van der Waals surface area contributed by atoms with Crippen molar-refractivity contribution in [1.29, 1.82) is 0 Å². The molecule has 0 atom stereocenters. The molecule has 0 bridgehead atoms. The van der Waals surface area contributed by atoms with E-state index in [1.165, 1.54) is 11.3 Å². The molecule has 0 saturated carbocycles. The van der Waals surface area contributed by atoms with Crippen molar-refractivity contribution < 1.29 is 14.3 Å². The van der Waals surface area contributed by atoms with E-state index < -0.39 is 0 Å². The van der Waals surface area contributed by atoms with Crippen molar-refractivity contribution >= 4 is 38.3 Å². The zero-order valence-corrected chi connectivity index (χ0v) is 13.2. The quantitative estimate of drug-likeness (QED) is 0.751. The largest absolute Gasteiger partial charge is 0.494 e. The summed E-state index contributed by atoms with van der Waals surface area (Å²) in [5.41, 5.74) is 7.02. The fourth-order valence-corrected chi connectivity index (χ4v) is 2.90.